The van der Waals surface area contributed by atoms with Gasteiger partial charge >= 0.3 is 5.69 Å². The molecule has 0 amide bonds. The zero-order valence-electron chi connectivity index (χ0n) is 24.3. The van der Waals surface area contributed by atoms with Crippen LogP contribution >= 0.6 is 0 Å². The van der Waals surface area contributed by atoms with Crippen molar-refractivity contribution in [1.29, 1.82) is 0 Å². The van der Waals surface area contributed by atoms with Crippen molar-refractivity contribution in [3.63, 3.8) is 0 Å². The van der Waals surface area contributed by atoms with Crippen LogP contribution in [0.15, 0.2) is 32.7 Å². The molecule has 0 unspecified atom stereocenters. The summed E-state index contributed by atoms with van der Waals surface area (Å²) in [7, 11) is 1.70. The third-order valence-corrected chi connectivity index (χ3v) is 8.92. The molecule has 0 atom stereocenters. The summed E-state index contributed by atoms with van der Waals surface area (Å²) in [6.07, 6.45) is 0.756. The second kappa shape index (κ2) is 12.2. The van der Waals surface area contributed by atoms with Gasteiger partial charge in [0.05, 0.1) is 17.1 Å². The molecular weight excluding hydrogens is 534 g/mol. The van der Waals surface area contributed by atoms with Gasteiger partial charge in [-0.3, -0.25) is 18.8 Å². The Kier molecular flexibility index (Phi) is 9.18. The first-order valence-corrected chi connectivity index (χ1v) is 15.2. The van der Waals surface area contributed by atoms with Crippen LogP contribution < -0.4 is 16.0 Å². The molecule has 1 aliphatic heterocycles. The molecule has 220 valence electrons. The number of ether oxygens (including phenoxy) is 1. The number of nitrogens with one attached hydrogen (secondary N) is 1. The number of hydrogen-bond donors (Lipinski definition) is 1. The second-order valence-electron chi connectivity index (χ2n) is 11.0. The van der Waals surface area contributed by atoms with Crippen molar-refractivity contribution in [3.05, 3.63) is 39.0 Å². The zero-order chi connectivity index (χ0) is 29.2. The van der Waals surface area contributed by atoms with Gasteiger partial charge in [0.1, 0.15) is 17.1 Å². The Morgan fingerprint density at radius 1 is 1.12 bits per heavy atom. The molecule has 1 aromatic carbocycles. The Balaban J connectivity index is 1.75. The Hall–Kier alpha value is -3.00. The van der Waals surface area contributed by atoms with E-state index < -0.39 is 21.3 Å². The third-order valence-electron chi connectivity index (χ3n) is 7.02. The highest BCUT2D eigenvalue weighted by molar-refractivity contribution is 7.89. The highest BCUT2D eigenvalue weighted by Crippen LogP contribution is 2.33. The molecule has 40 heavy (non-hydrogen) atoms. The molecule has 1 saturated heterocycles. The summed E-state index contributed by atoms with van der Waals surface area (Å²) in [6, 6.07) is 4.74. The van der Waals surface area contributed by atoms with Crippen LogP contribution in [0.4, 0.5) is 0 Å². The lowest BCUT2D eigenvalue weighted by molar-refractivity contribution is 0.174. The molecule has 1 fully saturated rings. The van der Waals surface area contributed by atoms with Gasteiger partial charge in [-0.05, 0) is 44.6 Å². The van der Waals surface area contributed by atoms with Gasteiger partial charge in [0.15, 0.2) is 5.65 Å². The first kappa shape index (κ1) is 30.0. The quantitative estimate of drug-likeness (QED) is 0.364. The molecule has 0 radical (unpaired) electrons. The van der Waals surface area contributed by atoms with Crippen molar-refractivity contribution < 1.29 is 13.2 Å². The third kappa shape index (κ3) is 6.17. The molecule has 0 spiro atoms. The van der Waals surface area contributed by atoms with E-state index in [9.17, 15) is 18.0 Å². The lowest BCUT2D eigenvalue weighted by Gasteiger charge is -2.34. The van der Waals surface area contributed by atoms with E-state index in [0.29, 0.717) is 50.6 Å². The molecule has 2 aromatic heterocycles. The van der Waals surface area contributed by atoms with E-state index in [2.05, 4.69) is 19.8 Å². The van der Waals surface area contributed by atoms with Crippen molar-refractivity contribution in [2.24, 2.45) is 13.0 Å². The van der Waals surface area contributed by atoms with Crippen LogP contribution in [0.5, 0.6) is 5.75 Å². The fourth-order valence-corrected chi connectivity index (χ4v) is 6.22. The van der Waals surface area contributed by atoms with E-state index in [0.717, 1.165) is 24.1 Å². The van der Waals surface area contributed by atoms with Crippen LogP contribution in [-0.4, -0.2) is 102 Å². The maximum atomic E-state index is 13.7. The Bertz CT molecular complexity index is 1560. The molecule has 12 nitrogen and oxygen atoms in total. The number of fused-ring (bicyclic) bond motifs is 1. The number of aromatic nitrogens is 4. The van der Waals surface area contributed by atoms with Crippen LogP contribution in [0.1, 0.15) is 27.2 Å². The van der Waals surface area contributed by atoms with Crippen molar-refractivity contribution >= 4 is 21.2 Å². The van der Waals surface area contributed by atoms with E-state index in [1.807, 2.05) is 34.9 Å². The van der Waals surface area contributed by atoms with E-state index in [4.69, 9.17) is 4.74 Å². The monoisotopic (exact) mass is 575 g/mol. The van der Waals surface area contributed by atoms with Gasteiger partial charge in [0.25, 0.3) is 5.56 Å². The second-order valence-corrected chi connectivity index (χ2v) is 12.9. The largest absolute Gasteiger partial charge is 0.493 e. The van der Waals surface area contributed by atoms with Gasteiger partial charge in [-0.25, -0.2) is 18.2 Å². The molecule has 4 rings (SSSR count). The van der Waals surface area contributed by atoms with Crippen LogP contribution in [0.25, 0.3) is 22.6 Å². The number of piperazine rings is 1. The molecular formula is C27H41N7O5S. The fourth-order valence-electron chi connectivity index (χ4n) is 4.77. The minimum Gasteiger partial charge on any atom is -0.493 e. The number of nitrogens with zero attached hydrogens (tertiary/aromatic N) is 6. The van der Waals surface area contributed by atoms with Crippen molar-refractivity contribution in [2.45, 2.75) is 38.6 Å². The predicted molar refractivity (Wildman–Crippen MR) is 155 cm³/mol. The molecule has 1 aliphatic rings. The van der Waals surface area contributed by atoms with Gasteiger partial charge in [-0.15, -0.1) is 0 Å². The number of benzene rings is 1. The van der Waals surface area contributed by atoms with Gasteiger partial charge in [0, 0.05) is 52.9 Å². The Morgan fingerprint density at radius 2 is 1.82 bits per heavy atom. The number of H-pyrrole nitrogens is 1. The van der Waals surface area contributed by atoms with Crippen LogP contribution in [0.3, 0.4) is 0 Å². The maximum absolute atomic E-state index is 13.7. The fraction of sp³-hybridized carbons (Fsp3) is 0.593. The lowest BCUT2D eigenvalue weighted by atomic mass is 10.2. The number of imidazole rings is 1. The molecule has 3 heterocycles. The highest BCUT2D eigenvalue weighted by atomic mass is 32.2. The van der Waals surface area contributed by atoms with Crippen molar-refractivity contribution in [3.8, 4) is 17.1 Å². The number of sulfonamides is 1. The molecule has 0 bridgehead atoms. The highest BCUT2D eigenvalue weighted by Gasteiger charge is 2.30. The predicted octanol–water partition coefficient (Wildman–Crippen LogP) is 1.40. The Labute approximate surface area is 235 Å². The van der Waals surface area contributed by atoms with Crippen LogP contribution in [0, 0.1) is 5.92 Å². The van der Waals surface area contributed by atoms with Gasteiger partial charge in [0.2, 0.25) is 10.0 Å². The molecule has 0 saturated carbocycles. The first-order chi connectivity index (χ1) is 18.9. The van der Waals surface area contributed by atoms with Crippen LogP contribution in [0.2, 0.25) is 0 Å². The van der Waals surface area contributed by atoms with E-state index in [1.165, 1.54) is 15.9 Å². The first-order valence-electron chi connectivity index (χ1n) is 13.8. The summed E-state index contributed by atoms with van der Waals surface area (Å²) in [5, 5.41) is 0. The molecule has 0 aliphatic carbocycles. The van der Waals surface area contributed by atoms with E-state index in [1.54, 1.807) is 18.2 Å². The molecule has 3 aromatic rings. The number of rotatable bonds is 11. The summed E-state index contributed by atoms with van der Waals surface area (Å²) in [4.78, 5) is 38.1. The number of likely N-dealkylation sites (N-methyl/N-ethyl adjacent to an activating group) is 1. The minimum absolute atomic E-state index is 0.126. The maximum Gasteiger partial charge on any atom is 0.332 e. The topological polar surface area (TPSA) is 126 Å². The average Bonchev–Trinajstić information content (AvgIpc) is 3.37. The van der Waals surface area contributed by atoms with Gasteiger partial charge in [-0.2, -0.15) is 4.31 Å². The minimum atomic E-state index is -3.78. The summed E-state index contributed by atoms with van der Waals surface area (Å²) in [5.74, 6) is 0.855. The lowest BCUT2D eigenvalue weighted by Crippen LogP contribution is -2.49. The summed E-state index contributed by atoms with van der Waals surface area (Å²) in [6.45, 7) is 10.7. The number of aromatic amines is 1. The van der Waals surface area contributed by atoms with E-state index >= 15 is 0 Å². The van der Waals surface area contributed by atoms with Gasteiger partial charge < -0.3 is 14.6 Å². The van der Waals surface area contributed by atoms with Crippen LogP contribution in [-0.2, 0) is 23.6 Å². The smallest absolute Gasteiger partial charge is 0.332 e. The van der Waals surface area contributed by atoms with Gasteiger partial charge in [-0.1, -0.05) is 20.8 Å². The Morgan fingerprint density at radius 3 is 2.45 bits per heavy atom. The normalized spacial score (nSPS) is 15.5. The summed E-state index contributed by atoms with van der Waals surface area (Å²) < 4.78 is 37.4. The number of hydrogen-bond acceptors (Lipinski definition) is 8. The van der Waals surface area contributed by atoms with Crippen molar-refractivity contribution in [1.82, 2.24) is 33.2 Å². The SMILES string of the molecule is CCCOc1ccc(S(=O)(=O)N2CCN(CCN(C)C)CC2)cc1-c1nc2c([nH]1)c(=O)n(C)c(=O)n2CC(C)C. The summed E-state index contributed by atoms with van der Waals surface area (Å²) >= 11 is 0. The van der Waals surface area contributed by atoms with E-state index in [-0.39, 0.29) is 27.8 Å². The average molecular weight is 576 g/mol. The summed E-state index contributed by atoms with van der Waals surface area (Å²) in [5.41, 5.74) is -0.110. The standard InChI is InChI=1S/C27H41N7O5S/c1-7-16-39-22-9-8-20(40(37,38)33-14-12-32(13-15-33)11-10-30(4)5)17-21(22)24-28-23-25(29-24)34(18-19(2)3)27(36)31(6)26(23)35/h8-9,17,19H,7,10-16,18H2,1-6H3,(H,28,29). The molecule has 13 heteroatoms. The molecule has 1 N–H and O–H groups in total. The van der Waals surface area contributed by atoms with Crippen molar-refractivity contribution in [2.75, 3.05) is 60.0 Å². The zero-order valence-corrected chi connectivity index (χ0v) is 25.1.